The average molecular weight is 281 g/mol. The van der Waals surface area contributed by atoms with Gasteiger partial charge in [0.25, 0.3) is 0 Å². The summed E-state index contributed by atoms with van der Waals surface area (Å²) in [6.07, 6.45) is 0.896. The molecule has 0 bridgehead atoms. The van der Waals surface area contributed by atoms with Crippen LogP contribution in [-0.2, 0) is 11.8 Å². The van der Waals surface area contributed by atoms with Gasteiger partial charge in [-0.15, -0.1) is 0 Å². The summed E-state index contributed by atoms with van der Waals surface area (Å²) in [7, 11) is 0. The van der Waals surface area contributed by atoms with E-state index in [1.807, 2.05) is 0 Å². The van der Waals surface area contributed by atoms with Crippen LogP contribution < -0.4 is 5.73 Å². The molecule has 2 aromatic rings. The van der Waals surface area contributed by atoms with E-state index >= 15 is 0 Å². The summed E-state index contributed by atoms with van der Waals surface area (Å²) in [5.74, 6) is 0. The van der Waals surface area contributed by atoms with Crippen molar-refractivity contribution in [2.75, 3.05) is 0 Å². The van der Waals surface area contributed by atoms with Crippen molar-refractivity contribution in [1.82, 2.24) is 0 Å². The van der Waals surface area contributed by atoms with Crippen LogP contribution >= 0.6 is 0 Å². The molecule has 1 unspecified atom stereocenters. The molecule has 0 saturated heterocycles. The van der Waals surface area contributed by atoms with Crippen LogP contribution in [0.25, 0.3) is 0 Å². The molecule has 0 heterocycles. The molecule has 21 heavy (non-hydrogen) atoms. The highest BCUT2D eigenvalue weighted by Crippen LogP contribution is 2.25. The molecular formula is C20H27N. The van der Waals surface area contributed by atoms with Crippen molar-refractivity contribution in [1.29, 1.82) is 0 Å². The maximum atomic E-state index is 6.42. The second-order valence-electron chi connectivity index (χ2n) is 7.05. The van der Waals surface area contributed by atoms with Crippen molar-refractivity contribution in [3.8, 4) is 0 Å². The first-order valence-electron chi connectivity index (χ1n) is 7.70. The lowest BCUT2D eigenvalue weighted by molar-refractivity contribution is 0.589. The maximum Gasteiger partial charge on any atom is 0.0335 e. The van der Waals surface area contributed by atoms with Crippen LogP contribution in [0.2, 0.25) is 0 Å². The molecule has 0 spiro atoms. The van der Waals surface area contributed by atoms with E-state index in [1.165, 1.54) is 27.8 Å². The van der Waals surface area contributed by atoms with Crippen LogP contribution in [-0.4, -0.2) is 0 Å². The van der Waals surface area contributed by atoms with E-state index in [-0.39, 0.29) is 11.5 Å². The molecule has 0 radical (unpaired) electrons. The summed E-state index contributed by atoms with van der Waals surface area (Å²) < 4.78 is 0. The fourth-order valence-corrected chi connectivity index (χ4v) is 2.74. The third-order valence-electron chi connectivity index (χ3n) is 4.27. The highest BCUT2D eigenvalue weighted by molar-refractivity contribution is 5.36. The molecular weight excluding hydrogens is 254 g/mol. The highest BCUT2D eigenvalue weighted by atomic mass is 14.6. The normalized spacial score (nSPS) is 13.2. The van der Waals surface area contributed by atoms with Gasteiger partial charge in [-0.3, -0.25) is 0 Å². The van der Waals surface area contributed by atoms with E-state index in [0.717, 1.165) is 6.42 Å². The Morgan fingerprint density at radius 3 is 1.90 bits per heavy atom. The lowest BCUT2D eigenvalue weighted by Crippen LogP contribution is -2.16. The Morgan fingerprint density at radius 2 is 1.43 bits per heavy atom. The largest absolute Gasteiger partial charge is 0.324 e. The van der Waals surface area contributed by atoms with Crippen LogP contribution in [0.15, 0.2) is 42.5 Å². The zero-order valence-electron chi connectivity index (χ0n) is 13.9. The molecule has 0 aliphatic heterocycles. The van der Waals surface area contributed by atoms with Gasteiger partial charge in [-0.2, -0.15) is 0 Å². The van der Waals surface area contributed by atoms with Crippen LogP contribution in [0, 0.1) is 13.8 Å². The van der Waals surface area contributed by atoms with E-state index in [1.54, 1.807) is 0 Å². The number of aryl methyl sites for hydroxylation is 2. The van der Waals surface area contributed by atoms with Crippen LogP contribution in [0.1, 0.15) is 54.6 Å². The summed E-state index contributed by atoms with van der Waals surface area (Å²) in [4.78, 5) is 0. The van der Waals surface area contributed by atoms with Crippen molar-refractivity contribution in [2.45, 2.75) is 52.5 Å². The highest BCUT2D eigenvalue weighted by Gasteiger charge is 2.15. The third-order valence-corrected chi connectivity index (χ3v) is 4.27. The summed E-state index contributed by atoms with van der Waals surface area (Å²) >= 11 is 0. The molecule has 0 amide bonds. The predicted molar refractivity (Wildman–Crippen MR) is 91.7 cm³/mol. The van der Waals surface area contributed by atoms with Gasteiger partial charge in [0.05, 0.1) is 0 Å². The van der Waals surface area contributed by atoms with Gasteiger partial charge in [0, 0.05) is 6.04 Å². The lowest BCUT2D eigenvalue weighted by Gasteiger charge is -2.21. The van der Waals surface area contributed by atoms with Crippen LogP contribution in [0.3, 0.4) is 0 Å². The molecule has 0 aliphatic rings. The Labute approximate surface area is 129 Å². The lowest BCUT2D eigenvalue weighted by atomic mass is 9.85. The molecule has 2 rings (SSSR count). The SMILES string of the molecule is Cc1cccc(C)c1CC(N)c1ccc(C(C)(C)C)cc1. The van der Waals surface area contributed by atoms with Gasteiger partial charge >= 0.3 is 0 Å². The zero-order valence-corrected chi connectivity index (χ0v) is 13.9. The van der Waals surface area contributed by atoms with Gasteiger partial charge in [-0.25, -0.2) is 0 Å². The minimum atomic E-state index is 0.0545. The van der Waals surface area contributed by atoms with Crippen molar-refractivity contribution in [3.63, 3.8) is 0 Å². The number of hydrogen-bond donors (Lipinski definition) is 1. The number of hydrogen-bond acceptors (Lipinski definition) is 1. The van der Waals surface area contributed by atoms with Crippen molar-refractivity contribution >= 4 is 0 Å². The molecule has 1 atom stereocenters. The Balaban J connectivity index is 2.19. The van der Waals surface area contributed by atoms with Crippen molar-refractivity contribution < 1.29 is 0 Å². The predicted octanol–water partition coefficient (Wildman–Crippen LogP) is 4.84. The summed E-state index contributed by atoms with van der Waals surface area (Å²) in [6.45, 7) is 11.0. The van der Waals surface area contributed by atoms with Crippen molar-refractivity contribution in [3.05, 3.63) is 70.3 Å². The Kier molecular flexibility index (Phi) is 4.53. The fourth-order valence-electron chi connectivity index (χ4n) is 2.74. The second kappa shape index (κ2) is 6.03. The third kappa shape index (κ3) is 3.74. The Morgan fingerprint density at radius 1 is 0.905 bits per heavy atom. The average Bonchev–Trinajstić information content (AvgIpc) is 2.42. The topological polar surface area (TPSA) is 26.0 Å². The number of benzene rings is 2. The quantitative estimate of drug-likeness (QED) is 0.855. The summed E-state index contributed by atoms with van der Waals surface area (Å²) in [6, 6.07) is 15.3. The molecule has 1 heteroatoms. The molecule has 112 valence electrons. The minimum absolute atomic E-state index is 0.0545. The minimum Gasteiger partial charge on any atom is -0.324 e. The van der Waals surface area contributed by atoms with E-state index in [4.69, 9.17) is 5.73 Å². The number of rotatable bonds is 3. The molecule has 0 aliphatic carbocycles. The molecule has 0 aromatic heterocycles. The molecule has 2 N–H and O–H groups in total. The van der Waals surface area contributed by atoms with Gasteiger partial charge in [0.15, 0.2) is 0 Å². The Hall–Kier alpha value is -1.60. The van der Waals surface area contributed by atoms with Crippen molar-refractivity contribution in [2.24, 2.45) is 5.73 Å². The van der Waals surface area contributed by atoms with Crippen LogP contribution in [0.5, 0.6) is 0 Å². The van der Waals surface area contributed by atoms with Gasteiger partial charge in [-0.05, 0) is 53.5 Å². The molecule has 1 nitrogen and oxygen atoms in total. The molecule has 0 fully saturated rings. The van der Waals surface area contributed by atoms with Crippen LogP contribution in [0.4, 0.5) is 0 Å². The standard InChI is InChI=1S/C20H27N/c1-14-7-6-8-15(2)18(14)13-19(21)16-9-11-17(12-10-16)20(3,4)5/h6-12,19H,13,21H2,1-5H3. The summed E-state index contributed by atoms with van der Waals surface area (Å²) in [5, 5.41) is 0. The van der Waals surface area contributed by atoms with E-state index < -0.39 is 0 Å². The zero-order chi connectivity index (χ0) is 15.6. The van der Waals surface area contributed by atoms with Gasteiger partial charge in [0.1, 0.15) is 0 Å². The van der Waals surface area contributed by atoms with Gasteiger partial charge in [-0.1, -0.05) is 63.2 Å². The van der Waals surface area contributed by atoms with Gasteiger partial charge < -0.3 is 5.73 Å². The maximum absolute atomic E-state index is 6.42. The molecule has 2 aromatic carbocycles. The van der Waals surface area contributed by atoms with E-state index in [2.05, 4.69) is 77.1 Å². The smallest absolute Gasteiger partial charge is 0.0335 e. The monoisotopic (exact) mass is 281 g/mol. The first-order valence-corrected chi connectivity index (χ1v) is 7.70. The first kappa shape index (κ1) is 15.8. The Bertz CT molecular complexity index is 582. The number of nitrogens with two attached hydrogens (primary N) is 1. The second-order valence-corrected chi connectivity index (χ2v) is 7.05. The molecule has 0 saturated carbocycles. The first-order chi connectivity index (χ1) is 9.79. The van der Waals surface area contributed by atoms with Gasteiger partial charge in [0.2, 0.25) is 0 Å². The van der Waals surface area contributed by atoms with E-state index in [9.17, 15) is 0 Å². The van der Waals surface area contributed by atoms with E-state index in [0.29, 0.717) is 0 Å². The summed E-state index contributed by atoms with van der Waals surface area (Å²) in [5.41, 5.74) is 13.2. The fraction of sp³-hybridized carbons (Fsp3) is 0.400.